The maximum Gasteiger partial charge on any atom is 0.404 e. The van der Waals surface area contributed by atoms with E-state index < -0.39 is 6.09 Å². The van der Waals surface area contributed by atoms with Gasteiger partial charge >= 0.3 is 6.09 Å². The summed E-state index contributed by atoms with van der Waals surface area (Å²) in [5.74, 6) is 0. The summed E-state index contributed by atoms with van der Waals surface area (Å²) in [4.78, 5) is 10.3. The van der Waals surface area contributed by atoms with Crippen LogP contribution in [0.3, 0.4) is 0 Å². The highest BCUT2D eigenvalue weighted by molar-refractivity contribution is 5.64. The summed E-state index contributed by atoms with van der Waals surface area (Å²) in [7, 11) is 0. The number of carbonyl (C=O) groups is 1. The second kappa shape index (κ2) is 4.98. The molecule has 0 radical (unpaired) electrons. The summed E-state index contributed by atoms with van der Waals surface area (Å²) in [5.41, 5.74) is 4.46. The summed E-state index contributed by atoms with van der Waals surface area (Å²) < 4.78 is 4.63. The van der Waals surface area contributed by atoms with Gasteiger partial charge in [0.2, 0.25) is 0 Å². The molecular formula is C8H17NO3. The molecule has 0 aliphatic rings. The molecule has 0 unspecified atom stereocenters. The monoisotopic (exact) mass is 175 g/mol. The van der Waals surface area contributed by atoms with Gasteiger partial charge in [-0.05, 0) is 6.42 Å². The number of primary amides is 1. The van der Waals surface area contributed by atoms with E-state index in [0.717, 1.165) is 12.8 Å². The Labute approximate surface area is 72.7 Å². The van der Waals surface area contributed by atoms with E-state index in [-0.39, 0.29) is 18.6 Å². The van der Waals surface area contributed by atoms with Crippen molar-refractivity contribution in [3.05, 3.63) is 0 Å². The largest absolute Gasteiger partial charge is 0.449 e. The van der Waals surface area contributed by atoms with Crippen LogP contribution in [0.4, 0.5) is 4.79 Å². The van der Waals surface area contributed by atoms with Gasteiger partial charge in [-0.25, -0.2) is 4.79 Å². The van der Waals surface area contributed by atoms with E-state index in [1.807, 2.05) is 13.8 Å². The Morgan fingerprint density at radius 2 is 2.25 bits per heavy atom. The van der Waals surface area contributed by atoms with E-state index >= 15 is 0 Å². The third-order valence-electron chi connectivity index (χ3n) is 1.80. The van der Waals surface area contributed by atoms with Crippen LogP contribution in [0, 0.1) is 5.41 Å². The Morgan fingerprint density at radius 1 is 1.67 bits per heavy atom. The molecule has 0 saturated carbocycles. The van der Waals surface area contributed by atoms with Crippen LogP contribution in [0.25, 0.3) is 0 Å². The highest BCUT2D eigenvalue weighted by Crippen LogP contribution is 2.22. The molecular weight excluding hydrogens is 158 g/mol. The Morgan fingerprint density at radius 3 is 2.58 bits per heavy atom. The molecule has 0 aliphatic carbocycles. The number of hydrogen-bond donors (Lipinski definition) is 2. The molecule has 0 saturated heterocycles. The van der Waals surface area contributed by atoms with Gasteiger partial charge in [-0.3, -0.25) is 0 Å². The number of ether oxygens (including phenoxy) is 1. The van der Waals surface area contributed by atoms with E-state index in [1.54, 1.807) is 0 Å². The standard InChI is InChI=1S/C8H17NO3/c1-3-4-8(2,5-10)6-12-7(9)11/h10H,3-6H2,1-2H3,(H2,9,11)/t8-/m0/s1. The predicted molar refractivity (Wildman–Crippen MR) is 45.6 cm³/mol. The van der Waals surface area contributed by atoms with E-state index in [1.165, 1.54) is 0 Å². The van der Waals surface area contributed by atoms with E-state index in [4.69, 9.17) is 10.8 Å². The number of aliphatic hydroxyl groups is 1. The van der Waals surface area contributed by atoms with Crippen molar-refractivity contribution in [2.24, 2.45) is 11.1 Å². The summed E-state index contributed by atoms with van der Waals surface area (Å²) in [5, 5.41) is 9.00. The third kappa shape index (κ3) is 4.18. The van der Waals surface area contributed by atoms with Gasteiger partial charge in [-0.1, -0.05) is 20.3 Å². The third-order valence-corrected chi connectivity index (χ3v) is 1.80. The molecule has 3 N–H and O–H groups in total. The molecule has 1 amide bonds. The van der Waals surface area contributed by atoms with Crippen LogP contribution in [0.2, 0.25) is 0 Å². The number of carbonyl (C=O) groups excluding carboxylic acids is 1. The van der Waals surface area contributed by atoms with Crippen LogP contribution in [-0.4, -0.2) is 24.4 Å². The summed E-state index contributed by atoms with van der Waals surface area (Å²) in [6, 6.07) is 0. The minimum absolute atomic E-state index is 0.00806. The number of aliphatic hydroxyl groups excluding tert-OH is 1. The highest BCUT2D eigenvalue weighted by atomic mass is 16.5. The van der Waals surface area contributed by atoms with Crippen molar-refractivity contribution in [2.75, 3.05) is 13.2 Å². The predicted octanol–water partition coefficient (Wildman–Crippen LogP) is 0.880. The number of hydrogen-bond acceptors (Lipinski definition) is 3. The molecule has 4 heteroatoms. The minimum Gasteiger partial charge on any atom is -0.449 e. The van der Waals surface area contributed by atoms with Gasteiger partial charge in [-0.2, -0.15) is 0 Å². The first-order valence-electron chi connectivity index (χ1n) is 4.07. The van der Waals surface area contributed by atoms with Crippen molar-refractivity contribution in [2.45, 2.75) is 26.7 Å². The number of amides is 1. The maximum atomic E-state index is 10.3. The maximum absolute atomic E-state index is 10.3. The van der Waals surface area contributed by atoms with E-state index in [0.29, 0.717) is 0 Å². The molecule has 72 valence electrons. The van der Waals surface area contributed by atoms with Gasteiger partial charge in [-0.15, -0.1) is 0 Å². The summed E-state index contributed by atoms with van der Waals surface area (Å²) in [6.45, 7) is 4.07. The van der Waals surface area contributed by atoms with Crippen LogP contribution < -0.4 is 5.73 Å². The molecule has 1 atom stereocenters. The zero-order valence-electron chi connectivity index (χ0n) is 7.67. The van der Waals surface area contributed by atoms with Crippen molar-refractivity contribution >= 4 is 6.09 Å². The van der Waals surface area contributed by atoms with Gasteiger partial charge in [0.05, 0.1) is 6.61 Å². The number of rotatable bonds is 5. The lowest BCUT2D eigenvalue weighted by molar-refractivity contribution is 0.0471. The van der Waals surface area contributed by atoms with Crippen LogP contribution in [-0.2, 0) is 4.74 Å². The minimum atomic E-state index is -0.786. The highest BCUT2D eigenvalue weighted by Gasteiger charge is 2.23. The lowest BCUT2D eigenvalue weighted by Crippen LogP contribution is -2.30. The van der Waals surface area contributed by atoms with Crippen molar-refractivity contribution in [1.82, 2.24) is 0 Å². The second-order valence-electron chi connectivity index (χ2n) is 3.33. The Balaban J connectivity index is 3.86. The average Bonchev–Trinajstić information content (AvgIpc) is 2.02. The molecule has 12 heavy (non-hydrogen) atoms. The quantitative estimate of drug-likeness (QED) is 0.651. The van der Waals surface area contributed by atoms with Crippen LogP contribution >= 0.6 is 0 Å². The Kier molecular flexibility index (Phi) is 4.66. The first-order chi connectivity index (χ1) is 5.54. The van der Waals surface area contributed by atoms with Gasteiger partial charge in [0, 0.05) is 5.41 Å². The summed E-state index contributed by atoms with van der Waals surface area (Å²) >= 11 is 0. The molecule has 0 spiro atoms. The Hall–Kier alpha value is -0.770. The summed E-state index contributed by atoms with van der Waals surface area (Å²) in [6.07, 6.45) is 0.974. The smallest absolute Gasteiger partial charge is 0.404 e. The molecule has 0 fully saturated rings. The lowest BCUT2D eigenvalue weighted by atomic mass is 9.88. The van der Waals surface area contributed by atoms with Gasteiger partial charge < -0.3 is 15.6 Å². The lowest BCUT2D eigenvalue weighted by Gasteiger charge is -2.25. The topological polar surface area (TPSA) is 72.6 Å². The first kappa shape index (κ1) is 11.2. The van der Waals surface area contributed by atoms with Crippen LogP contribution in [0.1, 0.15) is 26.7 Å². The first-order valence-corrected chi connectivity index (χ1v) is 4.07. The molecule has 0 aromatic rings. The zero-order chi connectivity index (χ0) is 9.61. The van der Waals surface area contributed by atoms with Crippen molar-refractivity contribution in [3.8, 4) is 0 Å². The second-order valence-corrected chi connectivity index (χ2v) is 3.33. The Bertz CT molecular complexity index is 149. The molecule has 0 aromatic carbocycles. The SMILES string of the molecule is CCC[C@@](C)(CO)COC(N)=O. The van der Waals surface area contributed by atoms with E-state index in [2.05, 4.69) is 4.74 Å². The van der Waals surface area contributed by atoms with Gasteiger partial charge in [0.25, 0.3) is 0 Å². The number of nitrogens with two attached hydrogens (primary N) is 1. The van der Waals surface area contributed by atoms with Crippen molar-refractivity contribution < 1.29 is 14.6 Å². The van der Waals surface area contributed by atoms with E-state index in [9.17, 15) is 4.79 Å². The van der Waals surface area contributed by atoms with Gasteiger partial charge in [0.1, 0.15) is 6.61 Å². The molecule has 0 aliphatic heterocycles. The van der Waals surface area contributed by atoms with Gasteiger partial charge in [0.15, 0.2) is 0 Å². The normalized spacial score (nSPS) is 15.2. The van der Waals surface area contributed by atoms with Crippen LogP contribution in [0.15, 0.2) is 0 Å². The molecule has 0 heterocycles. The molecule has 0 rings (SSSR count). The average molecular weight is 175 g/mol. The molecule has 0 aromatic heterocycles. The van der Waals surface area contributed by atoms with Crippen molar-refractivity contribution in [3.63, 3.8) is 0 Å². The van der Waals surface area contributed by atoms with Crippen LogP contribution in [0.5, 0.6) is 0 Å². The fraction of sp³-hybridized carbons (Fsp3) is 0.875. The van der Waals surface area contributed by atoms with Crippen molar-refractivity contribution in [1.29, 1.82) is 0 Å². The molecule has 4 nitrogen and oxygen atoms in total. The fourth-order valence-electron chi connectivity index (χ4n) is 1.05. The molecule has 0 bridgehead atoms. The zero-order valence-corrected chi connectivity index (χ0v) is 7.67. The fourth-order valence-corrected chi connectivity index (χ4v) is 1.05.